The molecule has 3 N–H and O–H groups in total. The van der Waals surface area contributed by atoms with Gasteiger partial charge in [0, 0.05) is 4.47 Å². The van der Waals surface area contributed by atoms with Gasteiger partial charge in [-0.05, 0) is 24.3 Å². The van der Waals surface area contributed by atoms with Crippen LogP contribution in [0.4, 0.5) is 0 Å². The van der Waals surface area contributed by atoms with Crippen LogP contribution in [0.15, 0.2) is 28.7 Å². The first-order chi connectivity index (χ1) is 9.38. The van der Waals surface area contributed by atoms with Crippen LogP contribution in [0.1, 0.15) is 6.42 Å². The van der Waals surface area contributed by atoms with Crippen LogP contribution in [0.2, 0.25) is 0 Å². The number of rotatable bonds is 7. The second-order valence-corrected chi connectivity index (χ2v) is 4.71. The van der Waals surface area contributed by atoms with E-state index in [1.807, 2.05) is 0 Å². The molecule has 1 amide bonds. The Labute approximate surface area is 122 Å². The molecule has 0 saturated heterocycles. The molecule has 0 saturated carbocycles. The number of aliphatic carboxylic acids is 2. The molecule has 0 aliphatic carbocycles. The Kier molecular flexibility index (Phi) is 5.98. The Bertz CT molecular complexity index is 501. The minimum absolute atomic E-state index is 0.398. The summed E-state index contributed by atoms with van der Waals surface area (Å²) in [7, 11) is 0. The molecule has 1 aromatic rings. The maximum Gasteiger partial charge on any atom is 0.326 e. The average Bonchev–Trinajstić information content (AvgIpc) is 2.36. The molecule has 0 aromatic heterocycles. The number of carbonyl (C=O) groups is 3. The number of amides is 1. The van der Waals surface area contributed by atoms with Crippen LogP contribution in [-0.2, 0) is 14.4 Å². The van der Waals surface area contributed by atoms with Crippen LogP contribution in [0.25, 0.3) is 0 Å². The molecule has 20 heavy (non-hydrogen) atoms. The van der Waals surface area contributed by atoms with Crippen LogP contribution in [0.5, 0.6) is 5.75 Å². The molecular formula is C12H12BrNO6. The van der Waals surface area contributed by atoms with E-state index < -0.39 is 36.9 Å². The van der Waals surface area contributed by atoms with E-state index >= 15 is 0 Å². The fourth-order valence-electron chi connectivity index (χ4n) is 1.29. The molecular weight excluding hydrogens is 334 g/mol. The summed E-state index contributed by atoms with van der Waals surface area (Å²) in [5, 5.41) is 19.4. The summed E-state index contributed by atoms with van der Waals surface area (Å²) in [6.07, 6.45) is -0.695. The monoisotopic (exact) mass is 345 g/mol. The molecule has 0 aliphatic rings. The third-order valence-corrected chi connectivity index (χ3v) is 2.72. The molecule has 7 nitrogen and oxygen atoms in total. The van der Waals surface area contributed by atoms with E-state index in [0.717, 1.165) is 4.47 Å². The maximum atomic E-state index is 11.5. The first-order valence-electron chi connectivity index (χ1n) is 5.51. The molecule has 0 heterocycles. The summed E-state index contributed by atoms with van der Waals surface area (Å²) in [6.45, 7) is -0.398. The van der Waals surface area contributed by atoms with Gasteiger partial charge in [-0.3, -0.25) is 9.59 Å². The third kappa shape index (κ3) is 5.70. The number of carbonyl (C=O) groups excluding carboxylic acids is 1. The summed E-state index contributed by atoms with van der Waals surface area (Å²) >= 11 is 3.24. The summed E-state index contributed by atoms with van der Waals surface area (Å²) in [5.41, 5.74) is 0. The standard InChI is InChI=1S/C12H12BrNO6/c13-7-1-3-8(4-2-7)20-6-10(15)14-9(12(18)19)5-11(16)17/h1-4,9H,5-6H2,(H,14,15)(H,16,17)(H,18,19)/t9-/m0/s1. The number of carboxylic acid groups (broad SMARTS) is 2. The van der Waals surface area contributed by atoms with Gasteiger partial charge in [-0.25, -0.2) is 4.79 Å². The van der Waals surface area contributed by atoms with Crippen molar-refractivity contribution < 1.29 is 29.3 Å². The molecule has 0 unspecified atom stereocenters. The number of hydrogen-bond donors (Lipinski definition) is 3. The van der Waals surface area contributed by atoms with Crippen LogP contribution in [0.3, 0.4) is 0 Å². The van der Waals surface area contributed by atoms with E-state index in [1.165, 1.54) is 0 Å². The van der Waals surface area contributed by atoms with E-state index in [0.29, 0.717) is 5.75 Å². The van der Waals surface area contributed by atoms with Gasteiger partial charge in [-0.15, -0.1) is 0 Å². The van der Waals surface area contributed by atoms with Crippen molar-refractivity contribution in [2.24, 2.45) is 0 Å². The van der Waals surface area contributed by atoms with Crippen molar-refractivity contribution >= 4 is 33.8 Å². The molecule has 1 atom stereocenters. The summed E-state index contributed by atoms with van der Waals surface area (Å²) < 4.78 is 5.98. The largest absolute Gasteiger partial charge is 0.484 e. The van der Waals surface area contributed by atoms with Crippen LogP contribution in [0, 0.1) is 0 Å². The Hall–Kier alpha value is -2.09. The first kappa shape index (κ1) is 16.0. The van der Waals surface area contributed by atoms with Gasteiger partial charge in [0.05, 0.1) is 6.42 Å². The number of nitrogens with one attached hydrogen (secondary N) is 1. The average molecular weight is 346 g/mol. The van der Waals surface area contributed by atoms with E-state index in [9.17, 15) is 14.4 Å². The fourth-order valence-corrected chi connectivity index (χ4v) is 1.55. The van der Waals surface area contributed by atoms with Crippen molar-refractivity contribution in [3.8, 4) is 5.75 Å². The normalized spacial score (nSPS) is 11.4. The molecule has 1 aromatic carbocycles. The van der Waals surface area contributed by atoms with Crippen molar-refractivity contribution in [2.75, 3.05) is 6.61 Å². The molecule has 0 radical (unpaired) electrons. The van der Waals surface area contributed by atoms with Crippen molar-refractivity contribution in [2.45, 2.75) is 12.5 Å². The van der Waals surface area contributed by atoms with Crippen molar-refractivity contribution in [1.29, 1.82) is 0 Å². The lowest BCUT2D eigenvalue weighted by molar-refractivity contribution is -0.147. The third-order valence-electron chi connectivity index (χ3n) is 2.20. The Morgan fingerprint density at radius 1 is 1.20 bits per heavy atom. The highest BCUT2D eigenvalue weighted by Crippen LogP contribution is 2.15. The number of halogens is 1. The van der Waals surface area contributed by atoms with Gasteiger partial charge in [0.25, 0.3) is 5.91 Å². The van der Waals surface area contributed by atoms with Crippen LogP contribution >= 0.6 is 15.9 Å². The number of benzene rings is 1. The van der Waals surface area contributed by atoms with Gasteiger partial charge in [0.15, 0.2) is 6.61 Å². The second kappa shape index (κ2) is 7.49. The van der Waals surface area contributed by atoms with Gasteiger partial charge >= 0.3 is 11.9 Å². The number of carboxylic acids is 2. The first-order valence-corrected chi connectivity index (χ1v) is 6.30. The summed E-state index contributed by atoms with van der Waals surface area (Å²) in [6, 6.07) is 5.22. The highest BCUT2D eigenvalue weighted by atomic mass is 79.9. The van der Waals surface area contributed by atoms with E-state index in [-0.39, 0.29) is 0 Å². The van der Waals surface area contributed by atoms with Crippen LogP contribution in [-0.4, -0.2) is 40.7 Å². The van der Waals surface area contributed by atoms with E-state index in [4.69, 9.17) is 14.9 Å². The highest BCUT2D eigenvalue weighted by molar-refractivity contribution is 9.10. The number of hydrogen-bond acceptors (Lipinski definition) is 4. The Balaban J connectivity index is 2.47. The summed E-state index contributed by atoms with van der Waals surface area (Å²) in [4.78, 5) is 32.7. The lowest BCUT2D eigenvalue weighted by Crippen LogP contribution is -2.44. The topological polar surface area (TPSA) is 113 Å². The van der Waals surface area contributed by atoms with Gasteiger partial charge in [0.1, 0.15) is 11.8 Å². The van der Waals surface area contributed by atoms with Gasteiger partial charge < -0.3 is 20.3 Å². The molecule has 0 aliphatic heterocycles. The smallest absolute Gasteiger partial charge is 0.326 e. The van der Waals surface area contributed by atoms with Crippen molar-refractivity contribution in [1.82, 2.24) is 5.32 Å². The SMILES string of the molecule is O=C(O)C[C@H](NC(=O)COc1ccc(Br)cc1)C(=O)O. The zero-order valence-electron chi connectivity index (χ0n) is 10.2. The molecule has 0 spiro atoms. The van der Waals surface area contributed by atoms with Gasteiger partial charge in [-0.1, -0.05) is 15.9 Å². The minimum atomic E-state index is -1.48. The quantitative estimate of drug-likeness (QED) is 0.675. The van der Waals surface area contributed by atoms with E-state index in [2.05, 4.69) is 21.2 Å². The highest BCUT2D eigenvalue weighted by Gasteiger charge is 2.23. The van der Waals surface area contributed by atoms with Crippen molar-refractivity contribution in [3.05, 3.63) is 28.7 Å². The lowest BCUT2D eigenvalue weighted by atomic mass is 10.2. The Morgan fingerprint density at radius 3 is 2.30 bits per heavy atom. The minimum Gasteiger partial charge on any atom is -0.484 e. The molecule has 108 valence electrons. The van der Waals surface area contributed by atoms with Gasteiger partial charge in [0.2, 0.25) is 0 Å². The van der Waals surface area contributed by atoms with E-state index in [1.54, 1.807) is 24.3 Å². The fraction of sp³-hybridized carbons (Fsp3) is 0.250. The Morgan fingerprint density at radius 2 is 1.80 bits per heavy atom. The predicted molar refractivity (Wildman–Crippen MR) is 71.5 cm³/mol. The summed E-state index contributed by atoms with van der Waals surface area (Å²) in [5.74, 6) is -2.99. The van der Waals surface area contributed by atoms with Crippen molar-refractivity contribution in [3.63, 3.8) is 0 Å². The zero-order chi connectivity index (χ0) is 15.1. The molecule has 1 rings (SSSR count). The molecule has 0 bridgehead atoms. The van der Waals surface area contributed by atoms with Crippen LogP contribution < -0.4 is 10.1 Å². The lowest BCUT2D eigenvalue weighted by Gasteiger charge is -2.12. The second-order valence-electron chi connectivity index (χ2n) is 3.80. The predicted octanol–water partition coefficient (Wildman–Crippen LogP) is 0.872. The zero-order valence-corrected chi connectivity index (χ0v) is 11.8. The maximum absolute atomic E-state index is 11.5. The van der Waals surface area contributed by atoms with Gasteiger partial charge in [-0.2, -0.15) is 0 Å². The number of ether oxygens (including phenoxy) is 1. The molecule has 8 heteroatoms. The molecule has 0 fully saturated rings.